The van der Waals surface area contributed by atoms with Gasteiger partial charge in [0.05, 0.1) is 0 Å². The molecule has 0 atom stereocenters. The summed E-state index contributed by atoms with van der Waals surface area (Å²) in [6.07, 6.45) is 0.466. The highest BCUT2D eigenvalue weighted by Crippen LogP contribution is 2.29. The van der Waals surface area contributed by atoms with Gasteiger partial charge in [0.15, 0.2) is 0 Å². The van der Waals surface area contributed by atoms with Crippen molar-refractivity contribution in [2.45, 2.75) is 18.2 Å². The number of rotatable bonds is 1. The molecular formula is C9H9NO3S. The molecule has 5 heteroatoms. The van der Waals surface area contributed by atoms with E-state index in [-0.39, 0.29) is 10.8 Å². The van der Waals surface area contributed by atoms with Crippen molar-refractivity contribution in [2.75, 3.05) is 0 Å². The van der Waals surface area contributed by atoms with Gasteiger partial charge in [0.25, 0.3) is 10.0 Å². The highest BCUT2D eigenvalue weighted by Gasteiger charge is 2.25. The van der Waals surface area contributed by atoms with Gasteiger partial charge >= 0.3 is 0 Å². The summed E-state index contributed by atoms with van der Waals surface area (Å²) in [5.41, 5.74) is 0. The van der Waals surface area contributed by atoms with Gasteiger partial charge in [-0.25, -0.2) is 0 Å². The van der Waals surface area contributed by atoms with E-state index in [1.807, 2.05) is 0 Å². The second-order valence-corrected chi connectivity index (χ2v) is 4.43. The maximum absolute atomic E-state index is 11.6. The number of hydrogen-bond acceptors (Lipinski definition) is 3. The average molecular weight is 211 g/mol. The predicted octanol–water partition coefficient (Wildman–Crippen LogP) is 1.58. The van der Waals surface area contributed by atoms with Gasteiger partial charge in [-0.1, -0.05) is 19.1 Å². The van der Waals surface area contributed by atoms with Crippen molar-refractivity contribution >= 4 is 15.9 Å². The fraction of sp³-hybridized carbons (Fsp3) is 0.222. The molecule has 0 N–H and O–H groups in total. The molecule has 4 nitrogen and oxygen atoms in total. The van der Waals surface area contributed by atoms with Crippen LogP contribution in [0, 0.1) is 0 Å². The number of sulfonamides is 1. The summed E-state index contributed by atoms with van der Waals surface area (Å²) in [7, 11) is -3.54. The summed E-state index contributed by atoms with van der Waals surface area (Å²) >= 11 is 0. The lowest BCUT2D eigenvalue weighted by molar-refractivity contribution is 0.506. The van der Waals surface area contributed by atoms with Crippen molar-refractivity contribution in [3.8, 4) is 5.75 Å². The first-order valence-electron chi connectivity index (χ1n) is 4.24. The molecule has 1 aliphatic rings. The maximum Gasteiger partial charge on any atom is 0.289 e. The summed E-state index contributed by atoms with van der Waals surface area (Å²) in [4.78, 5) is 0.136. The quantitative estimate of drug-likeness (QED) is 0.708. The van der Waals surface area contributed by atoms with Gasteiger partial charge in [-0.2, -0.15) is 8.42 Å². The third-order valence-electron chi connectivity index (χ3n) is 1.88. The SMILES string of the molecule is CCC1=NS(=O)(=O)c2ccccc2O1. The summed E-state index contributed by atoms with van der Waals surface area (Å²) in [6, 6.07) is 6.48. The van der Waals surface area contributed by atoms with Crippen LogP contribution < -0.4 is 4.74 Å². The van der Waals surface area contributed by atoms with Crippen LogP contribution in [0.4, 0.5) is 0 Å². The van der Waals surface area contributed by atoms with E-state index >= 15 is 0 Å². The Morgan fingerprint density at radius 3 is 2.79 bits per heavy atom. The fourth-order valence-electron chi connectivity index (χ4n) is 1.21. The molecule has 0 saturated carbocycles. The number of fused-ring (bicyclic) bond motifs is 1. The van der Waals surface area contributed by atoms with Crippen molar-refractivity contribution in [1.29, 1.82) is 0 Å². The molecule has 0 spiro atoms. The van der Waals surface area contributed by atoms with Gasteiger partial charge in [0, 0.05) is 6.42 Å². The molecule has 0 amide bonds. The largest absolute Gasteiger partial charge is 0.441 e. The Bertz CT molecular complexity index is 491. The van der Waals surface area contributed by atoms with E-state index in [9.17, 15) is 8.42 Å². The molecule has 2 rings (SSSR count). The van der Waals surface area contributed by atoms with Gasteiger partial charge in [0.2, 0.25) is 5.90 Å². The molecule has 1 aliphatic heterocycles. The Labute approximate surface area is 82.3 Å². The van der Waals surface area contributed by atoms with Gasteiger partial charge in [-0.05, 0) is 12.1 Å². The number of para-hydroxylation sites is 1. The van der Waals surface area contributed by atoms with E-state index in [2.05, 4.69) is 4.40 Å². The van der Waals surface area contributed by atoms with Gasteiger partial charge in [-0.15, -0.1) is 4.40 Å². The first-order valence-corrected chi connectivity index (χ1v) is 5.68. The van der Waals surface area contributed by atoms with Crippen molar-refractivity contribution in [2.24, 2.45) is 4.40 Å². The standard InChI is InChI=1S/C9H9NO3S/c1-2-9-10-14(11,12)8-6-4-3-5-7(8)13-9/h3-6H,2H2,1H3. The summed E-state index contributed by atoms with van der Waals surface area (Å²) in [5, 5.41) is 0. The lowest BCUT2D eigenvalue weighted by Gasteiger charge is -2.15. The topological polar surface area (TPSA) is 55.7 Å². The average Bonchev–Trinajstić information content (AvgIpc) is 2.17. The Kier molecular flexibility index (Phi) is 2.03. The van der Waals surface area contributed by atoms with Crippen LogP contribution in [0.5, 0.6) is 5.75 Å². The Hall–Kier alpha value is -1.36. The highest BCUT2D eigenvalue weighted by molar-refractivity contribution is 7.90. The molecule has 74 valence electrons. The molecule has 1 aromatic carbocycles. The maximum atomic E-state index is 11.6. The van der Waals surface area contributed by atoms with Crippen LogP contribution in [-0.2, 0) is 10.0 Å². The van der Waals surface area contributed by atoms with Crippen molar-refractivity contribution in [3.05, 3.63) is 24.3 Å². The Morgan fingerprint density at radius 2 is 2.07 bits per heavy atom. The van der Waals surface area contributed by atoms with Gasteiger partial charge in [0.1, 0.15) is 10.6 Å². The fourth-order valence-corrected chi connectivity index (χ4v) is 2.36. The Morgan fingerprint density at radius 1 is 1.36 bits per heavy atom. The molecule has 0 fully saturated rings. The van der Waals surface area contributed by atoms with Crippen LogP contribution >= 0.6 is 0 Å². The number of ether oxygens (including phenoxy) is 1. The van der Waals surface area contributed by atoms with Crippen molar-refractivity contribution in [3.63, 3.8) is 0 Å². The molecule has 0 saturated heterocycles. The van der Waals surface area contributed by atoms with E-state index in [0.29, 0.717) is 12.2 Å². The van der Waals surface area contributed by atoms with Crippen LogP contribution in [-0.4, -0.2) is 14.3 Å². The molecule has 0 aromatic heterocycles. The molecule has 0 unspecified atom stereocenters. The third kappa shape index (κ3) is 1.39. The lowest BCUT2D eigenvalue weighted by Crippen LogP contribution is -2.17. The van der Waals surface area contributed by atoms with E-state index in [0.717, 1.165) is 0 Å². The molecule has 0 bridgehead atoms. The lowest BCUT2D eigenvalue weighted by atomic mass is 10.3. The van der Waals surface area contributed by atoms with Gasteiger partial charge < -0.3 is 4.74 Å². The van der Waals surface area contributed by atoms with Crippen molar-refractivity contribution in [1.82, 2.24) is 0 Å². The summed E-state index contributed by atoms with van der Waals surface area (Å²) in [5.74, 6) is 0.600. The Balaban J connectivity index is 2.63. The number of benzene rings is 1. The summed E-state index contributed by atoms with van der Waals surface area (Å²) < 4.78 is 32.0. The molecule has 0 radical (unpaired) electrons. The van der Waals surface area contributed by atoms with Crippen LogP contribution in [0.1, 0.15) is 13.3 Å². The number of nitrogens with zero attached hydrogens (tertiary/aromatic N) is 1. The smallest absolute Gasteiger partial charge is 0.289 e. The first-order chi connectivity index (χ1) is 6.63. The van der Waals surface area contributed by atoms with Gasteiger partial charge in [-0.3, -0.25) is 0 Å². The van der Waals surface area contributed by atoms with E-state index < -0.39 is 10.0 Å². The van der Waals surface area contributed by atoms with Crippen LogP contribution in [0.15, 0.2) is 33.6 Å². The van der Waals surface area contributed by atoms with E-state index in [1.54, 1.807) is 25.1 Å². The van der Waals surface area contributed by atoms with Crippen molar-refractivity contribution < 1.29 is 13.2 Å². The van der Waals surface area contributed by atoms with E-state index in [1.165, 1.54) is 6.07 Å². The summed E-state index contributed by atoms with van der Waals surface area (Å²) in [6.45, 7) is 1.79. The van der Waals surface area contributed by atoms with Crippen LogP contribution in [0.25, 0.3) is 0 Å². The normalized spacial score (nSPS) is 17.9. The number of hydrogen-bond donors (Lipinski definition) is 0. The minimum absolute atomic E-state index is 0.136. The zero-order valence-electron chi connectivity index (χ0n) is 7.60. The zero-order valence-corrected chi connectivity index (χ0v) is 8.41. The van der Waals surface area contributed by atoms with Crippen LogP contribution in [0.3, 0.4) is 0 Å². The monoisotopic (exact) mass is 211 g/mol. The highest BCUT2D eigenvalue weighted by atomic mass is 32.2. The second kappa shape index (κ2) is 3.09. The molecule has 1 aromatic rings. The second-order valence-electron chi connectivity index (χ2n) is 2.86. The molecule has 0 aliphatic carbocycles. The third-order valence-corrected chi connectivity index (χ3v) is 3.22. The zero-order chi connectivity index (χ0) is 10.2. The van der Waals surface area contributed by atoms with Crippen LogP contribution in [0.2, 0.25) is 0 Å². The van der Waals surface area contributed by atoms with E-state index in [4.69, 9.17) is 4.74 Å². The molecule has 14 heavy (non-hydrogen) atoms. The minimum atomic E-state index is -3.54. The predicted molar refractivity (Wildman–Crippen MR) is 52.0 cm³/mol. The molecule has 1 heterocycles. The minimum Gasteiger partial charge on any atom is -0.441 e. The first kappa shape index (κ1) is 9.21. The molecular weight excluding hydrogens is 202 g/mol.